The van der Waals surface area contributed by atoms with Crippen LogP contribution in [0.3, 0.4) is 0 Å². The van der Waals surface area contributed by atoms with E-state index in [-0.39, 0.29) is 17.2 Å². The summed E-state index contributed by atoms with van der Waals surface area (Å²) < 4.78 is 32.4. The van der Waals surface area contributed by atoms with E-state index in [0.717, 1.165) is 0 Å². The van der Waals surface area contributed by atoms with Crippen LogP contribution in [0.2, 0.25) is 0 Å². The van der Waals surface area contributed by atoms with Crippen molar-refractivity contribution in [1.82, 2.24) is 9.71 Å². The number of hydrogen-bond donors (Lipinski definition) is 2. The Hall–Kier alpha value is -2.00. The normalized spacial score (nSPS) is 14.5. The van der Waals surface area contributed by atoms with E-state index >= 15 is 0 Å². The van der Waals surface area contributed by atoms with Gasteiger partial charge >= 0.3 is 0 Å². The molecule has 120 valence electrons. The van der Waals surface area contributed by atoms with E-state index in [0.29, 0.717) is 5.56 Å². The predicted molar refractivity (Wildman–Crippen MR) is 85.5 cm³/mol. The van der Waals surface area contributed by atoms with Crippen LogP contribution >= 0.6 is 11.3 Å². The van der Waals surface area contributed by atoms with E-state index in [9.17, 15) is 13.5 Å². The molecular formula is C15H14N2O4S2. The second-order valence-corrected chi connectivity index (χ2v) is 7.41. The molecule has 0 radical (unpaired) electrons. The first-order valence-electron chi connectivity index (χ1n) is 6.71. The maximum Gasteiger partial charge on any atom is 0.242 e. The lowest BCUT2D eigenvalue weighted by Gasteiger charge is -2.25. The summed E-state index contributed by atoms with van der Waals surface area (Å²) in [6.45, 7) is -0.255. The molecule has 8 heteroatoms. The Morgan fingerprint density at radius 1 is 1.30 bits per heavy atom. The van der Waals surface area contributed by atoms with Crippen molar-refractivity contribution in [2.75, 3.05) is 6.54 Å². The number of aliphatic hydroxyl groups is 1. The Labute approximate surface area is 137 Å². The van der Waals surface area contributed by atoms with E-state index in [1.807, 2.05) is 0 Å². The molecule has 0 aliphatic rings. The van der Waals surface area contributed by atoms with Crippen LogP contribution in [0.5, 0.6) is 0 Å². The highest BCUT2D eigenvalue weighted by Crippen LogP contribution is 2.31. The third-order valence-electron chi connectivity index (χ3n) is 3.39. The van der Waals surface area contributed by atoms with Crippen molar-refractivity contribution in [3.63, 3.8) is 0 Å². The van der Waals surface area contributed by atoms with E-state index < -0.39 is 15.6 Å². The molecule has 3 heterocycles. The van der Waals surface area contributed by atoms with Gasteiger partial charge in [0.15, 0.2) is 5.60 Å². The van der Waals surface area contributed by atoms with Gasteiger partial charge in [0.05, 0.1) is 12.8 Å². The number of pyridine rings is 1. The molecule has 0 aliphatic carbocycles. The Morgan fingerprint density at radius 2 is 2.17 bits per heavy atom. The molecule has 6 nitrogen and oxygen atoms in total. The van der Waals surface area contributed by atoms with E-state index in [1.54, 1.807) is 29.0 Å². The van der Waals surface area contributed by atoms with Gasteiger partial charge in [-0.15, -0.1) is 0 Å². The summed E-state index contributed by atoms with van der Waals surface area (Å²) in [6, 6.07) is 7.95. The quantitative estimate of drug-likeness (QED) is 0.709. The highest BCUT2D eigenvalue weighted by molar-refractivity contribution is 7.89. The smallest absolute Gasteiger partial charge is 0.242 e. The van der Waals surface area contributed by atoms with Crippen LogP contribution in [0.4, 0.5) is 0 Å². The van der Waals surface area contributed by atoms with Gasteiger partial charge in [-0.05, 0) is 41.1 Å². The topological polar surface area (TPSA) is 92.4 Å². The highest BCUT2D eigenvalue weighted by Gasteiger charge is 2.36. The van der Waals surface area contributed by atoms with Gasteiger partial charge in [-0.25, -0.2) is 13.1 Å². The van der Waals surface area contributed by atoms with Gasteiger partial charge in [0, 0.05) is 18.0 Å². The fourth-order valence-corrected chi connectivity index (χ4v) is 3.88. The lowest BCUT2D eigenvalue weighted by atomic mass is 9.94. The summed E-state index contributed by atoms with van der Waals surface area (Å²) in [4.78, 5) is 3.83. The third kappa shape index (κ3) is 3.20. The summed E-state index contributed by atoms with van der Waals surface area (Å²) in [6.07, 6.45) is 4.17. The lowest BCUT2D eigenvalue weighted by Crippen LogP contribution is -2.41. The van der Waals surface area contributed by atoms with Crippen LogP contribution in [-0.4, -0.2) is 25.1 Å². The molecule has 0 saturated carbocycles. The number of aromatic nitrogens is 1. The van der Waals surface area contributed by atoms with Crippen molar-refractivity contribution in [2.45, 2.75) is 10.5 Å². The molecule has 1 atom stereocenters. The summed E-state index contributed by atoms with van der Waals surface area (Å²) in [5.41, 5.74) is -1.02. The number of hydrogen-bond acceptors (Lipinski definition) is 6. The molecule has 0 amide bonds. The summed E-state index contributed by atoms with van der Waals surface area (Å²) in [7, 11) is -3.79. The fraction of sp³-hybridized carbons (Fsp3) is 0.133. The van der Waals surface area contributed by atoms with Crippen molar-refractivity contribution < 1.29 is 17.9 Å². The summed E-state index contributed by atoms with van der Waals surface area (Å²) in [5, 5.41) is 14.6. The first-order valence-corrected chi connectivity index (χ1v) is 9.14. The van der Waals surface area contributed by atoms with Gasteiger partial charge < -0.3 is 9.52 Å². The van der Waals surface area contributed by atoms with E-state index in [4.69, 9.17) is 4.42 Å². The average Bonchev–Trinajstić information content (AvgIpc) is 3.27. The van der Waals surface area contributed by atoms with Gasteiger partial charge in [-0.3, -0.25) is 4.98 Å². The SMILES string of the molecule is O=S(=O)(NCC(O)(c1ccsc1)c1ccco1)c1cccnc1. The molecule has 3 aromatic rings. The first kappa shape index (κ1) is 15.9. The van der Waals surface area contributed by atoms with Gasteiger partial charge in [-0.2, -0.15) is 11.3 Å². The lowest BCUT2D eigenvalue weighted by molar-refractivity contribution is 0.0623. The minimum atomic E-state index is -3.79. The molecule has 1 unspecified atom stereocenters. The predicted octanol–water partition coefficient (Wildman–Crippen LogP) is 1.95. The number of nitrogens with zero attached hydrogens (tertiary/aromatic N) is 1. The zero-order valence-electron chi connectivity index (χ0n) is 11.9. The Balaban J connectivity index is 1.89. The molecular weight excluding hydrogens is 336 g/mol. The van der Waals surface area contributed by atoms with Crippen molar-refractivity contribution in [3.8, 4) is 0 Å². The van der Waals surface area contributed by atoms with Crippen LogP contribution in [0, 0.1) is 0 Å². The number of nitrogens with one attached hydrogen (secondary N) is 1. The minimum Gasteiger partial charge on any atom is -0.466 e. The monoisotopic (exact) mass is 350 g/mol. The Morgan fingerprint density at radius 3 is 2.78 bits per heavy atom. The van der Waals surface area contributed by atoms with Crippen molar-refractivity contribution in [2.24, 2.45) is 0 Å². The van der Waals surface area contributed by atoms with Gasteiger partial charge in [0.25, 0.3) is 0 Å². The zero-order chi connectivity index (χ0) is 16.3. The first-order chi connectivity index (χ1) is 11.0. The minimum absolute atomic E-state index is 0.0344. The van der Waals surface area contributed by atoms with Crippen LogP contribution in [0.15, 0.2) is 69.1 Å². The highest BCUT2D eigenvalue weighted by atomic mass is 32.2. The maximum atomic E-state index is 12.3. The third-order valence-corrected chi connectivity index (χ3v) is 5.46. The van der Waals surface area contributed by atoms with Crippen LogP contribution < -0.4 is 4.72 Å². The maximum absolute atomic E-state index is 12.3. The molecule has 2 N–H and O–H groups in total. The molecule has 0 aromatic carbocycles. The summed E-state index contributed by atoms with van der Waals surface area (Å²) >= 11 is 1.40. The molecule has 0 aliphatic heterocycles. The molecule has 23 heavy (non-hydrogen) atoms. The number of rotatable bonds is 6. The number of sulfonamides is 1. The molecule has 0 saturated heterocycles. The van der Waals surface area contributed by atoms with Gasteiger partial charge in [-0.1, -0.05) is 0 Å². The molecule has 0 spiro atoms. The van der Waals surface area contributed by atoms with Crippen molar-refractivity contribution in [1.29, 1.82) is 0 Å². The number of furan rings is 1. The van der Waals surface area contributed by atoms with Crippen LogP contribution in [-0.2, 0) is 15.6 Å². The fourth-order valence-electron chi connectivity index (χ4n) is 2.13. The standard InChI is InChI=1S/C15H14N2O4S2/c18-15(12-5-8-22-10-12,14-4-2-7-21-14)11-17-23(19,20)13-3-1-6-16-9-13/h1-10,17-18H,11H2. The average molecular weight is 350 g/mol. The van der Waals surface area contributed by atoms with E-state index in [2.05, 4.69) is 9.71 Å². The van der Waals surface area contributed by atoms with E-state index in [1.165, 1.54) is 42.1 Å². The Kier molecular flexibility index (Phi) is 4.31. The van der Waals surface area contributed by atoms with Crippen molar-refractivity contribution in [3.05, 3.63) is 71.1 Å². The van der Waals surface area contributed by atoms with Crippen LogP contribution in [0.25, 0.3) is 0 Å². The van der Waals surface area contributed by atoms with Crippen molar-refractivity contribution >= 4 is 21.4 Å². The summed E-state index contributed by atoms with van der Waals surface area (Å²) in [5.74, 6) is 0.268. The van der Waals surface area contributed by atoms with Gasteiger partial charge in [0.1, 0.15) is 10.7 Å². The molecule has 0 fully saturated rings. The molecule has 3 aromatic heterocycles. The van der Waals surface area contributed by atoms with Gasteiger partial charge in [0.2, 0.25) is 10.0 Å². The molecule has 3 rings (SSSR count). The second-order valence-electron chi connectivity index (χ2n) is 4.86. The second kappa shape index (κ2) is 6.25. The largest absolute Gasteiger partial charge is 0.466 e. The zero-order valence-corrected chi connectivity index (χ0v) is 13.5. The number of thiophene rings is 1. The van der Waals surface area contributed by atoms with Crippen LogP contribution in [0.1, 0.15) is 11.3 Å². The Bertz CT molecular complexity index is 810. The molecule has 0 bridgehead atoms.